The molecule has 0 aromatic carbocycles. The first-order valence-electron chi connectivity index (χ1n) is 4.71. The first-order chi connectivity index (χ1) is 7.72. The molecule has 0 amide bonds. The van der Waals surface area contributed by atoms with Crippen LogP contribution in [0.25, 0.3) is 11.4 Å². The molecular weight excluding hydrogens is 211 g/mol. The van der Waals surface area contributed by atoms with Crippen LogP contribution in [0.3, 0.4) is 0 Å². The van der Waals surface area contributed by atoms with Crippen molar-refractivity contribution >= 4 is 0 Å². The lowest BCUT2D eigenvalue weighted by Gasteiger charge is -1.95. The molecule has 0 bridgehead atoms. The van der Waals surface area contributed by atoms with Crippen LogP contribution in [-0.4, -0.2) is 26.9 Å². The molecule has 0 spiro atoms. The minimum absolute atomic E-state index is 0.341. The predicted octanol–water partition coefficient (Wildman–Crippen LogP) is 1.16. The molecule has 2 aromatic heterocycles. The van der Waals surface area contributed by atoms with Crippen LogP contribution in [0.2, 0.25) is 0 Å². The smallest absolute Gasteiger partial charge is 0.184 e. The molecule has 2 rings (SSSR count). The van der Waals surface area contributed by atoms with Crippen LogP contribution < -0.4 is 0 Å². The summed E-state index contributed by atoms with van der Waals surface area (Å²) in [6, 6.07) is 1.54. The molecule has 2 aromatic rings. The van der Waals surface area contributed by atoms with E-state index in [-0.39, 0.29) is 0 Å². The maximum Gasteiger partial charge on any atom is 0.184 e. The molecule has 0 unspecified atom stereocenters. The Balaban J connectivity index is 2.42. The second kappa shape index (κ2) is 4.36. The van der Waals surface area contributed by atoms with E-state index in [1.165, 1.54) is 6.20 Å². The van der Waals surface area contributed by atoms with E-state index in [1.54, 1.807) is 24.9 Å². The van der Waals surface area contributed by atoms with E-state index in [9.17, 15) is 4.39 Å². The summed E-state index contributed by atoms with van der Waals surface area (Å²) in [6.07, 6.45) is 2.65. The van der Waals surface area contributed by atoms with Crippen molar-refractivity contribution in [2.45, 2.75) is 6.61 Å². The van der Waals surface area contributed by atoms with Crippen molar-refractivity contribution in [3.05, 3.63) is 30.1 Å². The van der Waals surface area contributed by atoms with E-state index in [1.807, 2.05) is 0 Å². The molecule has 0 aliphatic rings. The third-order valence-electron chi connectivity index (χ3n) is 2.14. The summed E-state index contributed by atoms with van der Waals surface area (Å²) in [5.74, 6) is 0.556. The van der Waals surface area contributed by atoms with Crippen LogP contribution in [0.4, 0.5) is 4.39 Å². The molecule has 84 valence electrons. The minimum atomic E-state index is -0.433. The maximum atomic E-state index is 13.4. The zero-order valence-corrected chi connectivity index (χ0v) is 9.01. The van der Waals surface area contributed by atoms with Gasteiger partial charge in [0.2, 0.25) is 0 Å². The average molecular weight is 222 g/mol. The first kappa shape index (κ1) is 10.7. The number of methoxy groups -OCH3 is 1. The standard InChI is InChI=1S/C10H11FN4O/c1-15-9(6-16-2)13-10(14-15)7-3-4-12-5-8(7)11/h3-5H,6H2,1-2H3. The van der Waals surface area contributed by atoms with Gasteiger partial charge < -0.3 is 4.74 Å². The van der Waals surface area contributed by atoms with E-state index < -0.39 is 5.82 Å². The van der Waals surface area contributed by atoms with Gasteiger partial charge in [-0.25, -0.2) is 9.37 Å². The fourth-order valence-electron chi connectivity index (χ4n) is 1.34. The van der Waals surface area contributed by atoms with Crippen LogP contribution in [0.1, 0.15) is 5.82 Å². The highest BCUT2D eigenvalue weighted by Crippen LogP contribution is 2.18. The number of hydrogen-bond donors (Lipinski definition) is 0. The molecule has 16 heavy (non-hydrogen) atoms. The third-order valence-corrected chi connectivity index (χ3v) is 2.14. The van der Waals surface area contributed by atoms with Crippen molar-refractivity contribution in [1.29, 1.82) is 0 Å². The fraction of sp³-hybridized carbons (Fsp3) is 0.300. The van der Waals surface area contributed by atoms with Gasteiger partial charge in [0, 0.05) is 20.4 Å². The summed E-state index contributed by atoms with van der Waals surface area (Å²) in [5.41, 5.74) is 0.341. The quantitative estimate of drug-likeness (QED) is 0.782. The normalized spacial score (nSPS) is 10.7. The van der Waals surface area contributed by atoms with Gasteiger partial charge in [0.05, 0.1) is 11.8 Å². The molecule has 0 aliphatic heterocycles. The van der Waals surface area contributed by atoms with Crippen LogP contribution in [0.5, 0.6) is 0 Å². The number of halogens is 1. The molecule has 0 aliphatic carbocycles. The van der Waals surface area contributed by atoms with Gasteiger partial charge in [-0.15, -0.1) is 0 Å². The SMILES string of the molecule is COCc1nc(-c2ccncc2F)nn1C. The Bertz CT molecular complexity index is 497. The fourth-order valence-corrected chi connectivity index (χ4v) is 1.34. The molecule has 0 radical (unpaired) electrons. The Morgan fingerprint density at radius 1 is 1.50 bits per heavy atom. The Morgan fingerprint density at radius 2 is 2.31 bits per heavy atom. The van der Waals surface area contributed by atoms with Gasteiger partial charge in [-0.2, -0.15) is 5.10 Å². The second-order valence-corrected chi connectivity index (χ2v) is 3.26. The van der Waals surface area contributed by atoms with Crippen LogP contribution >= 0.6 is 0 Å². The van der Waals surface area contributed by atoms with Gasteiger partial charge in [-0.05, 0) is 6.07 Å². The Morgan fingerprint density at radius 3 is 3.00 bits per heavy atom. The number of aromatic nitrogens is 4. The van der Waals surface area contributed by atoms with Crippen molar-refractivity contribution in [3.8, 4) is 11.4 Å². The monoisotopic (exact) mass is 222 g/mol. The minimum Gasteiger partial charge on any atom is -0.377 e. The van der Waals surface area contributed by atoms with Crippen molar-refractivity contribution in [1.82, 2.24) is 19.7 Å². The van der Waals surface area contributed by atoms with Crippen molar-refractivity contribution in [3.63, 3.8) is 0 Å². The highest BCUT2D eigenvalue weighted by atomic mass is 19.1. The summed E-state index contributed by atoms with van der Waals surface area (Å²) in [4.78, 5) is 7.86. The van der Waals surface area contributed by atoms with Gasteiger partial charge in [-0.3, -0.25) is 9.67 Å². The van der Waals surface area contributed by atoms with Crippen molar-refractivity contribution < 1.29 is 9.13 Å². The van der Waals surface area contributed by atoms with Crippen LogP contribution in [-0.2, 0) is 18.4 Å². The number of ether oxygens (including phenoxy) is 1. The molecule has 5 nitrogen and oxygen atoms in total. The predicted molar refractivity (Wildman–Crippen MR) is 54.9 cm³/mol. The number of hydrogen-bond acceptors (Lipinski definition) is 4. The lowest BCUT2D eigenvalue weighted by molar-refractivity contribution is 0.174. The lowest BCUT2D eigenvalue weighted by Crippen LogP contribution is -2.00. The van der Waals surface area contributed by atoms with E-state index in [0.29, 0.717) is 23.8 Å². The largest absolute Gasteiger partial charge is 0.377 e. The zero-order chi connectivity index (χ0) is 11.5. The lowest BCUT2D eigenvalue weighted by atomic mass is 10.2. The van der Waals surface area contributed by atoms with Crippen LogP contribution in [0.15, 0.2) is 18.5 Å². The Hall–Kier alpha value is -1.82. The number of pyridine rings is 1. The molecule has 0 saturated carbocycles. The summed E-state index contributed by atoms with van der Waals surface area (Å²) in [6.45, 7) is 0.343. The Kier molecular flexibility index (Phi) is 2.91. The second-order valence-electron chi connectivity index (χ2n) is 3.26. The topological polar surface area (TPSA) is 52.8 Å². The van der Waals surface area contributed by atoms with E-state index in [0.717, 1.165) is 6.20 Å². The summed E-state index contributed by atoms with van der Waals surface area (Å²) < 4.78 is 19.9. The van der Waals surface area contributed by atoms with Gasteiger partial charge >= 0.3 is 0 Å². The van der Waals surface area contributed by atoms with Crippen LogP contribution in [0, 0.1) is 5.82 Å². The van der Waals surface area contributed by atoms with Gasteiger partial charge in [0.25, 0.3) is 0 Å². The molecule has 0 N–H and O–H groups in total. The Labute approximate surface area is 91.9 Å². The van der Waals surface area contributed by atoms with Crippen molar-refractivity contribution in [2.75, 3.05) is 7.11 Å². The summed E-state index contributed by atoms with van der Waals surface area (Å²) in [5, 5.41) is 4.12. The summed E-state index contributed by atoms with van der Waals surface area (Å²) >= 11 is 0. The van der Waals surface area contributed by atoms with Gasteiger partial charge in [0.15, 0.2) is 17.5 Å². The van der Waals surface area contributed by atoms with E-state index in [2.05, 4.69) is 15.1 Å². The molecule has 6 heteroatoms. The summed E-state index contributed by atoms with van der Waals surface area (Å²) in [7, 11) is 3.31. The maximum absolute atomic E-state index is 13.4. The molecule has 0 saturated heterocycles. The van der Waals surface area contributed by atoms with E-state index >= 15 is 0 Å². The molecular formula is C10H11FN4O. The number of rotatable bonds is 3. The van der Waals surface area contributed by atoms with Gasteiger partial charge in [0.1, 0.15) is 6.61 Å². The molecule has 2 heterocycles. The third kappa shape index (κ3) is 1.92. The highest BCUT2D eigenvalue weighted by Gasteiger charge is 2.12. The first-order valence-corrected chi connectivity index (χ1v) is 4.71. The molecule has 0 fully saturated rings. The number of nitrogens with zero attached hydrogens (tertiary/aromatic N) is 4. The molecule has 0 atom stereocenters. The van der Waals surface area contributed by atoms with Gasteiger partial charge in [-0.1, -0.05) is 0 Å². The van der Waals surface area contributed by atoms with E-state index in [4.69, 9.17) is 4.74 Å². The average Bonchev–Trinajstić information content (AvgIpc) is 2.61. The number of aryl methyl sites for hydroxylation is 1. The highest BCUT2D eigenvalue weighted by molar-refractivity contribution is 5.54. The zero-order valence-electron chi connectivity index (χ0n) is 9.01. The van der Waals surface area contributed by atoms with Crippen molar-refractivity contribution in [2.24, 2.45) is 7.05 Å².